The Morgan fingerprint density at radius 3 is 2.59 bits per heavy atom. The summed E-state index contributed by atoms with van der Waals surface area (Å²) in [7, 11) is 1.52. The van der Waals surface area contributed by atoms with Crippen LogP contribution in [0.4, 0.5) is 0 Å². The first kappa shape index (κ1) is 13.5. The van der Waals surface area contributed by atoms with E-state index in [0.29, 0.717) is 11.3 Å². The van der Waals surface area contributed by atoms with Crippen LogP contribution in [0.2, 0.25) is 0 Å². The average Bonchev–Trinajstić information content (AvgIpc) is 2.38. The number of aliphatic hydroxyl groups is 2. The lowest BCUT2D eigenvalue weighted by Gasteiger charge is -2.26. The Morgan fingerprint density at radius 2 is 2.06 bits per heavy atom. The smallest absolute Gasteiger partial charge is 0.251 e. The minimum Gasteiger partial charge on any atom is -0.497 e. The molecule has 17 heavy (non-hydrogen) atoms. The zero-order chi connectivity index (χ0) is 12.9. The number of carbonyl (C=O) groups excluding carboxylic acids is 1. The Balaban J connectivity index is 2.82. The second-order valence-electron chi connectivity index (χ2n) is 4.06. The summed E-state index contributed by atoms with van der Waals surface area (Å²) in [6.07, 6.45) is 0. The number of ether oxygens (including phenoxy) is 1. The molecule has 0 bridgehead atoms. The molecule has 0 heterocycles. The van der Waals surface area contributed by atoms with Crippen LogP contribution in [0.25, 0.3) is 0 Å². The van der Waals surface area contributed by atoms with E-state index in [9.17, 15) is 4.79 Å². The number of benzene rings is 1. The quantitative estimate of drug-likeness (QED) is 0.684. The van der Waals surface area contributed by atoms with Gasteiger partial charge in [0.1, 0.15) is 5.75 Å². The van der Waals surface area contributed by atoms with Gasteiger partial charge in [-0.1, -0.05) is 6.07 Å². The van der Waals surface area contributed by atoms with E-state index < -0.39 is 5.54 Å². The minimum absolute atomic E-state index is 0.334. The lowest BCUT2D eigenvalue weighted by atomic mass is 10.0. The number of carbonyl (C=O) groups is 1. The van der Waals surface area contributed by atoms with Gasteiger partial charge in [0, 0.05) is 5.56 Å². The molecule has 0 aliphatic carbocycles. The largest absolute Gasteiger partial charge is 0.497 e. The van der Waals surface area contributed by atoms with Crippen LogP contribution in [0.5, 0.6) is 5.75 Å². The Hall–Kier alpha value is -1.59. The van der Waals surface area contributed by atoms with Crippen molar-refractivity contribution in [2.24, 2.45) is 0 Å². The van der Waals surface area contributed by atoms with E-state index in [4.69, 9.17) is 14.9 Å². The van der Waals surface area contributed by atoms with E-state index >= 15 is 0 Å². The van der Waals surface area contributed by atoms with Gasteiger partial charge in [-0.15, -0.1) is 0 Å². The molecule has 0 radical (unpaired) electrons. The number of amides is 1. The molecule has 0 saturated carbocycles. The summed E-state index contributed by atoms with van der Waals surface area (Å²) in [4.78, 5) is 11.9. The van der Waals surface area contributed by atoms with Gasteiger partial charge in [0.25, 0.3) is 5.91 Å². The van der Waals surface area contributed by atoms with E-state index in [-0.39, 0.29) is 19.1 Å². The van der Waals surface area contributed by atoms with E-state index in [1.807, 2.05) is 0 Å². The van der Waals surface area contributed by atoms with Crippen molar-refractivity contribution in [3.05, 3.63) is 29.8 Å². The first-order valence-electron chi connectivity index (χ1n) is 5.23. The number of methoxy groups -OCH3 is 1. The van der Waals surface area contributed by atoms with Crippen LogP contribution in [0.1, 0.15) is 17.3 Å². The zero-order valence-corrected chi connectivity index (χ0v) is 9.93. The fourth-order valence-corrected chi connectivity index (χ4v) is 1.24. The summed E-state index contributed by atoms with van der Waals surface area (Å²) >= 11 is 0. The molecule has 0 unspecified atom stereocenters. The third-order valence-corrected chi connectivity index (χ3v) is 2.45. The fraction of sp³-hybridized carbons (Fsp3) is 0.417. The molecule has 0 aliphatic rings. The standard InChI is InChI=1S/C12H17NO4/c1-12(7-14,8-15)13-11(16)9-4-3-5-10(6-9)17-2/h3-6,14-15H,7-8H2,1-2H3,(H,13,16). The van der Waals surface area contributed by atoms with Gasteiger partial charge in [0.05, 0.1) is 25.9 Å². The van der Waals surface area contributed by atoms with Crippen molar-refractivity contribution in [1.82, 2.24) is 5.32 Å². The molecular formula is C12H17NO4. The molecule has 0 atom stereocenters. The highest BCUT2D eigenvalue weighted by molar-refractivity contribution is 5.95. The predicted octanol–water partition coefficient (Wildman–Crippen LogP) is 0.168. The molecule has 1 rings (SSSR count). The lowest BCUT2D eigenvalue weighted by Crippen LogP contribution is -2.51. The van der Waals surface area contributed by atoms with Gasteiger partial charge in [0.15, 0.2) is 0 Å². The van der Waals surface area contributed by atoms with Gasteiger partial charge in [-0.05, 0) is 25.1 Å². The van der Waals surface area contributed by atoms with Gasteiger partial charge in [0.2, 0.25) is 0 Å². The Bertz CT molecular complexity index is 388. The third-order valence-electron chi connectivity index (χ3n) is 2.45. The van der Waals surface area contributed by atoms with E-state index in [2.05, 4.69) is 5.32 Å². The molecule has 0 aromatic heterocycles. The highest BCUT2D eigenvalue weighted by atomic mass is 16.5. The molecule has 0 aliphatic heterocycles. The summed E-state index contributed by atoms with van der Waals surface area (Å²) in [5.74, 6) is 0.210. The van der Waals surface area contributed by atoms with Crippen LogP contribution in [0.3, 0.4) is 0 Å². The van der Waals surface area contributed by atoms with Crippen molar-refractivity contribution < 1.29 is 19.7 Å². The first-order chi connectivity index (χ1) is 8.04. The molecule has 1 amide bonds. The summed E-state index contributed by atoms with van der Waals surface area (Å²) < 4.78 is 5.01. The van der Waals surface area contributed by atoms with Crippen LogP contribution in [-0.2, 0) is 0 Å². The second kappa shape index (κ2) is 5.65. The first-order valence-corrected chi connectivity index (χ1v) is 5.23. The maximum absolute atomic E-state index is 11.9. The van der Waals surface area contributed by atoms with Gasteiger partial charge >= 0.3 is 0 Å². The van der Waals surface area contributed by atoms with Crippen molar-refractivity contribution >= 4 is 5.91 Å². The molecule has 1 aromatic carbocycles. The molecule has 0 spiro atoms. The number of hydrogen-bond acceptors (Lipinski definition) is 4. The number of aliphatic hydroxyl groups excluding tert-OH is 2. The molecular weight excluding hydrogens is 222 g/mol. The average molecular weight is 239 g/mol. The Kier molecular flexibility index (Phi) is 4.48. The molecule has 94 valence electrons. The highest BCUT2D eigenvalue weighted by Crippen LogP contribution is 2.13. The lowest BCUT2D eigenvalue weighted by molar-refractivity contribution is 0.0723. The Labute approximate surface area is 100 Å². The van der Waals surface area contributed by atoms with Crippen molar-refractivity contribution in [1.29, 1.82) is 0 Å². The molecule has 5 heteroatoms. The SMILES string of the molecule is COc1cccc(C(=O)NC(C)(CO)CO)c1. The maximum Gasteiger partial charge on any atom is 0.251 e. The van der Waals surface area contributed by atoms with Crippen molar-refractivity contribution in [2.75, 3.05) is 20.3 Å². The van der Waals surface area contributed by atoms with Crippen LogP contribution < -0.4 is 10.1 Å². The van der Waals surface area contributed by atoms with Crippen LogP contribution >= 0.6 is 0 Å². The number of rotatable bonds is 5. The maximum atomic E-state index is 11.9. The van der Waals surface area contributed by atoms with Gasteiger partial charge < -0.3 is 20.3 Å². The van der Waals surface area contributed by atoms with Gasteiger partial charge in [-0.2, -0.15) is 0 Å². The van der Waals surface area contributed by atoms with E-state index in [1.54, 1.807) is 31.2 Å². The van der Waals surface area contributed by atoms with Crippen molar-refractivity contribution in [3.8, 4) is 5.75 Å². The van der Waals surface area contributed by atoms with Crippen molar-refractivity contribution in [2.45, 2.75) is 12.5 Å². The van der Waals surface area contributed by atoms with Crippen LogP contribution in [0.15, 0.2) is 24.3 Å². The number of nitrogens with one attached hydrogen (secondary N) is 1. The van der Waals surface area contributed by atoms with Crippen LogP contribution in [0, 0.1) is 0 Å². The summed E-state index contributed by atoms with van der Waals surface area (Å²) in [5.41, 5.74) is -0.613. The fourth-order valence-electron chi connectivity index (χ4n) is 1.24. The van der Waals surface area contributed by atoms with Crippen LogP contribution in [-0.4, -0.2) is 42.0 Å². The molecule has 3 N–H and O–H groups in total. The predicted molar refractivity (Wildman–Crippen MR) is 63.0 cm³/mol. The molecule has 0 saturated heterocycles. The highest BCUT2D eigenvalue weighted by Gasteiger charge is 2.25. The summed E-state index contributed by atoms with van der Waals surface area (Å²) in [6.45, 7) is 0.892. The monoisotopic (exact) mass is 239 g/mol. The van der Waals surface area contributed by atoms with E-state index in [1.165, 1.54) is 7.11 Å². The number of hydrogen-bond donors (Lipinski definition) is 3. The summed E-state index contributed by atoms with van der Waals surface area (Å²) in [5, 5.41) is 20.7. The van der Waals surface area contributed by atoms with E-state index in [0.717, 1.165) is 0 Å². The second-order valence-corrected chi connectivity index (χ2v) is 4.06. The third kappa shape index (κ3) is 3.44. The normalized spacial score (nSPS) is 11.1. The van der Waals surface area contributed by atoms with Crippen molar-refractivity contribution in [3.63, 3.8) is 0 Å². The molecule has 1 aromatic rings. The zero-order valence-electron chi connectivity index (χ0n) is 9.93. The van der Waals surface area contributed by atoms with Gasteiger partial charge in [-0.25, -0.2) is 0 Å². The molecule has 0 fully saturated rings. The molecule has 5 nitrogen and oxygen atoms in total. The van der Waals surface area contributed by atoms with Gasteiger partial charge in [-0.3, -0.25) is 4.79 Å². The minimum atomic E-state index is -1.03. The topological polar surface area (TPSA) is 78.8 Å². The Morgan fingerprint density at radius 1 is 1.41 bits per heavy atom. The summed E-state index contributed by atoms with van der Waals surface area (Å²) in [6, 6.07) is 6.65.